The predicted molar refractivity (Wildman–Crippen MR) is 73.3 cm³/mol. The number of aryl methyl sites for hydroxylation is 1. The molecule has 0 aliphatic rings. The molecule has 0 atom stereocenters. The number of hydrogen-bond acceptors (Lipinski definition) is 3. The van der Waals surface area contributed by atoms with Crippen molar-refractivity contribution in [1.82, 2.24) is 0 Å². The van der Waals surface area contributed by atoms with E-state index in [4.69, 9.17) is 15.6 Å². The number of nitrogens with two attached hydrogens (primary N) is 1. The lowest BCUT2D eigenvalue weighted by Gasteiger charge is -2.11. The van der Waals surface area contributed by atoms with Crippen LogP contribution in [0.5, 0.6) is 5.75 Å². The van der Waals surface area contributed by atoms with Crippen LogP contribution in [0.25, 0.3) is 0 Å². The smallest absolute Gasteiger partial charge is 0.335 e. The van der Waals surface area contributed by atoms with Crippen molar-refractivity contribution in [2.24, 2.45) is 0 Å². The third kappa shape index (κ3) is 3.04. The standard InChI is InChI=1S/C15H15NO3/c1-10-3-2-4-13(16)14(10)19-9-11-5-7-12(8-6-11)15(17)18/h2-8H,9,16H2,1H3,(H,17,18). The van der Waals surface area contributed by atoms with Gasteiger partial charge in [0.05, 0.1) is 11.3 Å². The molecule has 0 bridgehead atoms. The monoisotopic (exact) mass is 257 g/mol. The van der Waals surface area contributed by atoms with E-state index < -0.39 is 5.97 Å². The van der Waals surface area contributed by atoms with Crippen LogP contribution in [0.2, 0.25) is 0 Å². The second-order valence-electron chi connectivity index (χ2n) is 4.28. The summed E-state index contributed by atoms with van der Waals surface area (Å²) in [6.07, 6.45) is 0. The predicted octanol–water partition coefficient (Wildman–Crippen LogP) is 2.85. The van der Waals surface area contributed by atoms with Crippen LogP contribution in [-0.4, -0.2) is 11.1 Å². The minimum atomic E-state index is -0.935. The van der Waals surface area contributed by atoms with Crippen molar-refractivity contribution in [3.8, 4) is 5.75 Å². The van der Waals surface area contributed by atoms with Crippen molar-refractivity contribution in [3.63, 3.8) is 0 Å². The number of carbonyl (C=O) groups is 1. The van der Waals surface area contributed by atoms with Crippen LogP contribution in [0.4, 0.5) is 5.69 Å². The van der Waals surface area contributed by atoms with Crippen molar-refractivity contribution in [3.05, 3.63) is 59.2 Å². The minimum Gasteiger partial charge on any atom is -0.486 e. The Morgan fingerprint density at radius 1 is 1.21 bits per heavy atom. The zero-order valence-electron chi connectivity index (χ0n) is 10.6. The van der Waals surface area contributed by atoms with Crippen LogP contribution in [0, 0.1) is 6.92 Å². The van der Waals surface area contributed by atoms with Gasteiger partial charge in [-0.1, -0.05) is 24.3 Å². The molecule has 2 aromatic carbocycles. The largest absolute Gasteiger partial charge is 0.486 e. The number of para-hydroxylation sites is 1. The number of anilines is 1. The van der Waals surface area contributed by atoms with Crippen molar-refractivity contribution in [2.75, 3.05) is 5.73 Å². The van der Waals surface area contributed by atoms with E-state index in [0.29, 0.717) is 18.0 Å². The molecule has 19 heavy (non-hydrogen) atoms. The first-order valence-corrected chi connectivity index (χ1v) is 5.88. The number of rotatable bonds is 4. The van der Waals surface area contributed by atoms with E-state index in [0.717, 1.165) is 11.1 Å². The van der Waals surface area contributed by atoms with Gasteiger partial charge < -0.3 is 15.6 Å². The van der Waals surface area contributed by atoms with Crippen molar-refractivity contribution < 1.29 is 14.6 Å². The summed E-state index contributed by atoms with van der Waals surface area (Å²) in [5, 5.41) is 8.81. The van der Waals surface area contributed by atoms with E-state index >= 15 is 0 Å². The van der Waals surface area contributed by atoms with Gasteiger partial charge in [-0.2, -0.15) is 0 Å². The fourth-order valence-corrected chi connectivity index (χ4v) is 1.77. The lowest BCUT2D eigenvalue weighted by Crippen LogP contribution is -2.01. The lowest BCUT2D eigenvalue weighted by atomic mass is 10.1. The summed E-state index contributed by atoms with van der Waals surface area (Å²) >= 11 is 0. The Balaban J connectivity index is 2.08. The molecular weight excluding hydrogens is 242 g/mol. The summed E-state index contributed by atoms with van der Waals surface area (Å²) in [7, 11) is 0. The van der Waals surface area contributed by atoms with E-state index in [2.05, 4.69) is 0 Å². The number of carboxylic acids is 1. The minimum absolute atomic E-state index is 0.263. The van der Waals surface area contributed by atoms with Gasteiger partial charge in [0.15, 0.2) is 0 Å². The van der Waals surface area contributed by atoms with Gasteiger partial charge in [0.1, 0.15) is 12.4 Å². The average Bonchev–Trinajstić information content (AvgIpc) is 2.38. The number of carboxylic acid groups (broad SMARTS) is 1. The Hall–Kier alpha value is -2.49. The zero-order valence-corrected chi connectivity index (χ0v) is 10.6. The van der Waals surface area contributed by atoms with Gasteiger partial charge in [0, 0.05) is 0 Å². The van der Waals surface area contributed by atoms with Crippen molar-refractivity contribution in [1.29, 1.82) is 0 Å². The number of aromatic carboxylic acids is 1. The molecule has 3 N–H and O–H groups in total. The molecule has 0 saturated carbocycles. The van der Waals surface area contributed by atoms with Gasteiger partial charge in [-0.25, -0.2) is 4.79 Å². The number of ether oxygens (including phenoxy) is 1. The third-order valence-electron chi connectivity index (χ3n) is 2.83. The van der Waals surface area contributed by atoms with Crippen LogP contribution in [-0.2, 0) is 6.61 Å². The Labute approximate surface area is 111 Å². The van der Waals surface area contributed by atoms with Gasteiger partial charge in [0.25, 0.3) is 0 Å². The highest BCUT2D eigenvalue weighted by molar-refractivity contribution is 5.87. The maximum Gasteiger partial charge on any atom is 0.335 e. The van der Waals surface area contributed by atoms with Gasteiger partial charge in [-0.05, 0) is 36.2 Å². The highest BCUT2D eigenvalue weighted by atomic mass is 16.5. The number of hydrogen-bond donors (Lipinski definition) is 2. The molecule has 2 aromatic rings. The molecule has 0 spiro atoms. The van der Waals surface area contributed by atoms with Gasteiger partial charge in [-0.3, -0.25) is 0 Å². The van der Waals surface area contributed by atoms with Crippen LogP contribution in [0.15, 0.2) is 42.5 Å². The Bertz CT molecular complexity index is 571. The van der Waals surface area contributed by atoms with Gasteiger partial charge >= 0.3 is 5.97 Å². The highest BCUT2D eigenvalue weighted by Gasteiger charge is 2.05. The van der Waals surface area contributed by atoms with E-state index in [-0.39, 0.29) is 5.56 Å². The first-order valence-electron chi connectivity index (χ1n) is 5.88. The summed E-state index contributed by atoms with van der Waals surface area (Å²) in [6.45, 7) is 2.29. The average molecular weight is 257 g/mol. The van der Waals surface area contributed by atoms with E-state index in [1.807, 2.05) is 19.1 Å². The van der Waals surface area contributed by atoms with Crippen LogP contribution >= 0.6 is 0 Å². The molecular formula is C15H15NO3. The quantitative estimate of drug-likeness (QED) is 0.826. The zero-order chi connectivity index (χ0) is 13.8. The SMILES string of the molecule is Cc1cccc(N)c1OCc1ccc(C(=O)O)cc1. The summed E-state index contributed by atoms with van der Waals surface area (Å²) in [5.41, 5.74) is 8.58. The maximum atomic E-state index is 10.7. The van der Waals surface area contributed by atoms with Crippen LogP contribution in [0.1, 0.15) is 21.5 Å². The molecule has 0 unspecified atom stereocenters. The van der Waals surface area contributed by atoms with Gasteiger partial charge in [-0.15, -0.1) is 0 Å². The van der Waals surface area contributed by atoms with Gasteiger partial charge in [0.2, 0.25) is 0 Å². The fraction of sp³-hybridized carbons (Fsp3) is 0.133. The molecule has 0 aliphatic carbocycles. The molecule has 98 valence electrons. The fourth-order valence-electron chi connectivity index (χ4n) is 1.77. The molecule has 2 rings (SSSR count). The molecule has 4 heteroatoms. The highest BCUT2D eigenvalue weighted by Crippen LogP contribution is 2.26. The summed E-state index contributed by atoms with van der Waals surface area (Å²) in [4.78, 5) is 10.7. The maximum absolute atomic E-state index is 10.7. The van der Waals surface area contributed by atoms with E-state index in [1.165, 1.54) is 0 Å². The van der Waals surface area contributed by atoms with Crippen molar-refractivity contribution in [2.45, 2.75) is 13.5 Å². The van der Waals surface area contributed by atoms with Crippen LogP contribution < -0.4 is 10.5 Å². The Morgan fingerprint density at radius 2 is 1.89 bits per heavy atom. The first kappa shape index (κ1) is 13.0. The Morgan fingerprint density at radius 3 is 2.47 bits per heavy atom. The molecule has 0 radical (unpaired) electrons. The first-order chi connectivity index (χ1) is 9.08. The summed E-state index contributed by atoms with van der Waals surface area (Å²) in [6, 6.07) is 12.2. The Kier molecular flexibility index (Phi) is 3.71. The molecule has 0 saturated heterocycles. The molecule has 0 amide bonds. The van der Waals surface area contributed by atoms with E-state index in [9.17, 15) is 4.79 Å². The molecule has 0 fully saturated rings. The molecule has 4 nitrogen and oxygen atoms in total. The lowest BCUT2D eigenvalue weighted by molar-refractivity contribution is 0.0697. The second-order valence-corrected chi connectivity index (χ2v) is 4.28. The van der Waals surface area contributed by atoms with Crippen LogP contribution in [0.3, 0.4) is 0 Å². The topological polar surface area (TPSA) is 72.5 Å². The van der Waals surface area contributed by atoms with Crippen molar-refractivity contribution >= 4 is 11.7 Å². The second kappa shape index (κ2) is 5.44. The third-order valence-corrected chi connectivity index (χ3v) is 2.83. The summed E-state index contributed by atoms with van der Waals surface area (Å²) < 4.78 is 5.68. The number of nitrogen functional groups attached to an aromatic ring is 1. The normalized spacial score (nSPS) is 10.2. The summed E-state index contributed by atoms with van der Waals surface area (Å²) in [5.74, 6) is -0.263. The number of benzene rings is 2. The molecule has 0 aliphatic heterocycles. The molecule has 0 aromatic heterocycles. The van der Waals surface area contributed by atoms with E-state index in [1.54, 1.807) is 30.3 Å². The molecule has 0 heterocycles.